The molecule has 0 saturated carbocycles. The van der Waals surface area contributed by atoms with E-state index in [4.69, 9.17) is 10.00 Å². The van der Waals surface area contributed by atoms with Crippen molar-refractivity contribution in [3.05, 3.63) is 58.8 Å². The number of nitriles is 1. The molecule has 1 fully saturated rings. The smallest absolute Gasteiger partial charge is 0.324 e. The summed E-state index contributed by atoms with van der Waals surface area (Å²) < 4.78 is 8.21. The second-order valence-electron chi connectivity index (χ2n) is 8.85. The molecule has 11 nitrogen and oxygen atoms in total. The average Bonchev–Trinajstić information content (AvgIpc) is 3.33. The molecule has 1 aliphatic rings. The van der Waals surface area contributed by atoms with Crippen LogP contribution in [0.1, 0.15) is 18.5 Å². The van der Waals surface area contributed by atoms with Crippen molar-refractivity contribution in [1.29, 1.82) is 5.26 Å². The van der Waals surface area contributed by atoms with Gasteiger partial charge in [-0.2, -0.15) is 10.4 Å². The molecule has 0 spiro atoms. The van der Waals surface area contributed by atoms with Crippen molar-refractivity contribution in [2.24, 2.45) is 7.05 Å². The number of piperazine rings is 1. The molecule has 0 radical (unpaired) electrons. The molecule has 5 rings (SSSR count). The number of fused-ring (bicyclic) bond motifs is 2. The van der Waals surface area contributed by atoms with Gasteiger partial charge in [0.1, 0.15) is 18.1 Å². The van der Waals surface area contributed by atoms with Crippen molar-refractivity contribution in [1.82, 2.24) is 29.2 Å². The van der Waals surface area contributed by atoms with Crippen molar-refractivity contribution in [2.75, 3.05) is 31.6 Å². The molecule has 184 valence electrons. The van der Waals surface area contributed by atoms with Crippen LogP contribution < -0.4 is 10.5 Å². The van der Waals surface area contributed by atoms with Crippen molar-refractivity contribution < 1.29 is 9.53 Å². The molecule has 0 amide bonds. The third-order valence-corrected chi connectivity index (χ3v) is 6.88. The fourth-order valence-electron chi connectivity index (χ4n) is 4.89. The Balaban J connectivity index is 1.49. The second-order valence-corrected chi connectivity index (χ2v) is 8.85. The molecule has 4 aromatic rings. The number of nitrogens with zero attached hydrogens (tertiary/aromatic N) is 8. The molecular weight excluding hydrogens is 460 g/mol. The van der Waals surface area contributed by atoms with E-state index in [1.807, 2.05) is 23.1 Å². The van der Waals surface area contributed by atoms with Gasteiger partial charge in [-0.25, -0.2) is 0 Å². The van der Waals surface area contributed by atoms with Gasteiger partial charge in [0.25, 0.3) is 5.56 Å². The molecule has 1 aliphatic heterocycles. The van der Waals surface area contributed by atoms with E-state index in [2.05, 4.69) is 33.0 Å². The SMILES string of the molecule is COC(=O)C1CN(c2cc(=O)n(C)c3cn(CC#N)nc23)CCN1C(C)c1ccc2nccnc2c1. The van der Waals surface area contributed by atoms with E-state index in [-0.39, 0.29) is 24.1 Å². The van der Waals surface area contributed by atoms with Crippen LogP contribution in [0.25, 0.3) is 22.1 Å². The first-order chi connectivity index (χ1) is 17.4. The quantitative estimate of drug-likeness (QED) is 0.387. The molecule has 2 atom stereocenters. The summed E-state index contributed by atoms with van der Waals surface area (Å²) in [4.78, 5) is 38.5. The molecule has 4 heterocycles. The minimum absolute atomic E-state index is 0.0779. The first-order valence-corrected chi connectivity index (χ1v) is 11.6. The number of ether oxygens (including phenoxy) is 1. The first-order valence-electron chi connectivity index (χ1n) is 11.6. The molecule has 0 bridgehead atoms. The number of carbonyl (C=O) groups excluding carboxylic acids is 1. The number of pyridine rings is 1. The minimum atomic E-state index is -0.559. The van der Waals surface area contributed by atoms with Gasteiger partial charge in [0, 0.05) is 51.2 Å². The number of hydrogen-bond acceptors (Lipinski definition) is 9. The molecule has 36 heavy (non-hydrogen) atoms. The van der Waals surface area contributed by atoms with E-state index in [9.17, 15) is 9.59 Å². The summed E-state index contributed by atoms with van der Waals surface area (Å²) >= 11 is 0. The number of rotatable bonds is 5. The Morgan fingerprint density at radius 3 is 2.75 bits per heavy atom. The van der Waals surface area contributed by atoms with E-state index in [1.165, 1.54) is 16.4 Å². The number of aryl methyl sites for hydroxylation is 1. The second kappa shape index (κ2) is 9.39. The zero-order chi connectivity index (χ0) is 25.4. The number of anilines is 1. The standard InChI is InChI=1S/C25H26N8O3/c1-16(17-4-5-18-19(12-17)28-8-7-27-18)33-11-10-31(14-22(33)25(35)36-3)20-13-23(34)30(2)21-15-32(9-6-26)29-24(20)21/h4-5,7-8,12-13,15-16,22H,9-11,14H2,1-3H3. The number of esters is 1. The van der Waals surface area contributed by atoms with Crippen molar-refractivity contribution >= 4 is 33.7 Å². The Hall–Kier alpha value is -4.30. The maximum Gasteiger partial charge on any atom is 0.324 e. The zero-order valence-electron chi connectivity index (χ0n) is 20.3. The first kappa shape index (κ1) is 23.4. The predicted molar refractivity (Wildman–Crippen MR) is 133 cm³/mol. The lowest BCUT2D eigenvalue weighted by molar-refractivity contribution is -0.148. The van der Waals surface area contributed by atoms with Gasteiger partial charge in [-0.1, -0.05) is 6.07 Å². The third-order valence-electron chi connectivity index (χ3n) is 6.88. The minimum Gasteiger partial charge on any atom is -0.468 e. The fraction of sp³-hybridized carbons (Fsp3) is 0.360. The third kappa shape index (κ3) is 4.05. The highest BCUT2D eigenvalue weighted by Crippen LogP contribution is 2.31. The van der Waals surface area contributed by atoms with E-state index < -0.39 is 6.04 Å². The molecule has 2 unspecified atom stereocenters. The molecule has 0 aliphatic carbocycles. The van der Waals surface area contributed by atoms with Gasteiger partial charge in [0.05, 0.1) is 41.6 Å². The van der Waals surface area contributed by atoms with Crippen LogP contribution in [-0.2, 0) is 23.1 Å². The van der Waals surface area contributed by atoms with Crippen LogP contribution in [0.3, 0.4) is 0 Å². The van der Waals surface area contributed by atoms with Gasteiger partial charge in [-0.3, -0.25) is 29.1 Å². The lowest BCUT2D eigenvalue weighted by atomic mass is 10.0. The summed E-state index contributed by atoms with van der Waals surface area (Å²) in [5.41, 5.74) is 4.35. The number of benzene rings is 1. The lowest BCUT2D eigenvalue weighted by Gasteiger charge is -2.43. The number of carbonyl (C=O) groups is 1. The fourth-order valence-corrected chi connectivity index (χ4v) is 4.89. The summed E-state index contributed by atoms with van der Waals surface area (Å²) in [6, 6.07) is 8.92. The van der Waals surface area contributed by atoms with Crippen LogP contribution in [0.15, 0.2) is 47.7 Å². The van der Waals surface area contributed by atoms with E-state index in [1.54, 1.807) is 31.7 Å². The maximum absolute atomic E-state index is 12.9. The number of hydrogen-bond donors (Lipinski definition) is 0. The Kier molecular flexibility index (Phi) is 6.12. The zero-order valence-corrected chi connectivity index (χ0v) is 20.3. The Labute approximate surface area is 207 Å². The number of aromatic nitrogens is 5. The molecule has 11 heteroatoms. The van der Waals surface area contributed by atoms with Crippen LogP contribution in [0.5, 0.6) is 0 Å². The predicted octanol–water partition coefficient (Wildman–Crippen LogP) is 1.63. The van der Waals surface area contributed by atoms with Gasteiger partial charge in [-0.05, 0) is 24.6 Å². The summed E-state index contributed by atoms with van der Waals surface area (Å²) in [6.07, 6.45) is 5.02. The molecule has 0 N–H and O–H groups in total. The summed E-state index contributed by atoms with van der Waals surface area (Å²) in [6.45, 7) is 3.61. The van der Waals surface area contributed by atoms with E-state index >= 15 is 0 Å². The van der Waals surface area contributed by atoms with Crippen molar-refractivity contribution in [3.8, 4) is 6.07 Å². The Morgan fingerprint density at radius 1 is 1.22 bits per heavy atom. The van der Waals surface area contributed by atoms with Gasteiger partial charge in [0.15, 0.2) is 0 Å². The van der Waals surface area contributed by atoms with Crippen LogP contribution in [-0.4, -0.2) is 68.0 Å². The number of methoxy groups -OCH3 is 1. The van der Waals surface area contributed by atoms with Crippen LogP contribution in [0.4, 0.5) is 5.69 Å². The Morgan fingerprint density at radius 2 is 2.00 bits per heavy atom. The molecule has 1 saturated heterocycles. The highest BCUT2D eigenvalue weighted by molar-refractivity contribution is 5.89. The van der Waals surface area contributed by atoms with Crippen molar-refractivity contribution in [2.45, 2.75) is 25.6 Å². The molecule has 1 aromatic carbocycles. The van der Waals surface area contributed by atoms with Gasteiger partial charge in [-0.15, -0.1) is 0 Å². The Bertz CT molecular complexity index is 1550. The topological polar surface area (TPSA) is 122 Å². The van der Waals surface area contributed by atoms with Gasteiger partial charge < -0.3 is 14.2 Å². The van der Waals surface area contributed by atoms with Gasteiger partial charge >= 0.3 is 5.97 Å². The molecule has 3 aromatic heterocycles. The normalized spacial score (nSPS) is 17.3. The van der Waals surface area contributed by atoms with Crippen LogP contribution >= 0.6 is 0 Å². The van der Waals surface area contributed by atoms with Crippen molar-refractivity contribution in [3.63, 3.8) is 0 Å². The lowest BCUT2D eigenvalue weighted by Crippen LogP contribution is -2.57. The monoisotopic (exact) mass is 486 g/mol. The summed E-state index contributed by atoms with van der Waals surface area (Å²) in [5.74, 6) is -0.345. The summed E-state index contributed by atoms with van der Waals surface area (Å²) in [5, 5.41) is 13.6. The highest BCUT2D eigenvalue weighted by Gasteiger charge is 2.37. The van der Waals surface area contributed by atoms with E-state index in [0.717, 1.165) is 16.6 Å². The van der Waals surface area contributed by atoms with Crippen LogP contribution in [0, 0.1) is 11.3 Å². The van der Waals surface area contributed by atoms with Crippen LogP contribution in [0.2, 0.25) is 0 Å². The molecular formula is C25H26N8O3. The van der Waals surface area contributed by atoms with Gasteiger partial charge in [0.2, 0.25) is 0 Å². The summed E-state index contributed by atoms with van der Waals surface area (Å²) in [7, 11) is 3.06. The largest absolute Gasteiger partial charge is 0.468 e. The maximum atomic E-state index is 12.9. The average molecular weight is 487 g/mol. The highest BCUT2D eigenvalue weighted by atomic mass is 16.5. The van der Waals surface area contributed by atoms with E-state index in [0.29, 0.717) is 36.4 Å².